The number of pyridine rings is 1. The van der Waals surface area contributed by atoms with Crippen molar-refractivity contribution >= 4 is 23.2 Å². The molecule has 1 aliphatic heterocycles. The van der Waals surface area contributed by atoms with Crippen molar-refractivity contribution in [1.82, 2.24) is 4.98 Å². The second kappa shape index (κ2) is 8.17. The molecule has 0 atom stereocenters. The van der Waals surface area contributed by atoms with Gasteiger partial charge in [-0.05, 0) is 48.5 Å². The second-order valence-corrected chi connectivity index (χ2v) is 6.60. The molecular weight excluding hydrogens is 434 g/mol. The fourth-order valence-corrected chi connectivity index (χ4v) is 2.83. The largest absolute Gasteiger partial charge is 0.454 e. The van der Waals surface area contributed by atoms with Crippen LogP contribution in [0.1, 0.15) is 26.4 Å². The molecule has 0 saturated heterocycles. The molecule has 7 nitrogen and oxygen atoms in total. The number of benzene rings is 2. The van der Waals surface area contributed by atoms with Crippen molar-refractivity contribution < 1.29 is 36.6 Å². The van der Waals surface area contributed by atoms with E-state index < -0.39 is 29.5 Å². The highest BCUT2D eigenvalue weighted by Gasteiger charge is 2.32. The van der Waals surface area contributed by atoms with Gasteiger partial charge in [0.1, 0.15) is 11.5 Å². The van der Waals surface area contributed by atoms with Gasteiger partial charge in [-0.1, -0.05) is 0 Å². The lowest BCUT2D eigenvalue weighted by Crippen LogP contribution is -2.16. The number of halogens is 4. The van der Waals surface area contributed by atoms with Crippen molar-refractivity contribution in [3.63, 3.8) is 0 Å². The highest BCUT2D eigenvalue weighted by molar-refractivity contribution is 6.06. The second-order valence-electron chi connectivity index (χ2n) is 6.60. The Morgan fingerprint density at radius 2 is 1.59 bits per heavy atom. The predicted octanol–water partition coefficient (Wildman–Crippen LogP) is 4.47. The minimum atomic E-state index is -4.65. The lowest BCUT2D eigenvalue weighted by Gasteiger charge is -2.11. The molecule has 1 aromatic heterocycles. The first-order chi connectivity index (χ1) is 15.2. The fraction of sp³-hybridized carbons (Fsp3) is 0.0952. The average Bonchev–Trinajstić information content (AvgIpc) is 3.23. The van der Waals surface area contributed by atoms with Gasteiger partial charge in [-0.15, -0.1) is 0 Å². The summed E-state index contributed by atoms with van der Waals surface area (Å²) in [6.07, 6.45) is -3.91. The number of anilines is 2. The van der Waals surface area contributed by atoms with Gasteiger partial charge in [0.25, 0.3) is 11.8 Å². The van der Waals surface area contributed by atoms with Gasteiger partial charge in [0.05, 0.1) is 11.3 Å². The van der Waals surface area contributed by atoms with Crippen molar-refractivity contribution in [2.24, 2.45) is 0 Å². The Labute approximate surface area is 178 Å². The van der Waals surface area contributed by atoms with Crippen LogP contribution < -0.4 is 20.1 Å². The Morgan fingerprint density at radius 1 is 0.875 bits per heavy atom. The maximum atomic E-state index is 14.2. The fourth-order valence-electron chi connectivity index (χ4n) is 2.83. The molecule has 0 fully saturated rings. The number of carbonyl (C=O) groups excluding carboxylic acids is 2. The van der Waals surface area contributed by atoms with E-state index in [2.05, 4.69) is 15.6 Å². The number of alkyl halides is 3. The zero-order chi connectivity index (χ0) is 22.9. The van der Waals surface area contributed by atoms with Crippen molar-refractivity contribution in [1.29, 1.82) is 0 Å². The molecule has 2 aromatic carbocycles. The summed E-state index contributed by atoms with van der Waals surface area (Å²) >= 11 is 0. The van der Waals surface area contributed by atoms with Crippen molar-refractivity contribution in [3.8, 4) is 11.5 Å². The van der Waals surface area contributed by atoms with E-state index in [1.54, 1.807) is 6.07 Å². The van der Waals surface area contributed by atoms with Crippen LogP contribution in [0.4, 0.5) is 28.9 Å². The van der Waals surface area contributed by atoms with Gasteiger partial charge in [0.2, 0.25) is 6.79 Å². The number of carbonyl (C=O) groups is 2. The summed E-state index contributed by atoms with van der Waals surface area (Å²) in [7, 11) is 0. The SMILES string of the molecule is O=C(Nc1ccc(F)c(NC(=O)c2ccc(C(F)(F)F)nc2)c1)c1ccc2c(c1)OCO2. The molecule has 0 aliphatic carbocycles. The van der Waals surface area contributed by atoms with Crippen LogP contribution in [-0.2, 0) is 6.18 Å². The predicted molar refractivity (Wildman–Crippen MR) is 104 cm³/mol. The van der Waals surface area contributed by atoms with E-state index in [4.69, 9.17) is 9.47 Å². The third-order valence-electron chi connectivity index (χ3n) is 4.42. The molecule has 3 aromatic rings. The maximum Gasteiger partial charge on any atom is 0.433 e. The van der Waals surface area contributed by atoms with Crippen LogP contribution in [0.3, 0.4) is 0 Å². The highest BCUT2D eigenvalue weighted by Crippen LogP contribution is 2.33. The van der Waals surface area contributed by atoms with Crippen LogP contribution in [-0.4, -0.2) is 23.6 Å². The smallest absolute Gasteiger partial charge is 0.433 e. The Morgan fingerprint density at radius 3 is 2.31 bits per heavy atom. The summed E-state index contributed by atoms with van der Waals surface area (Å²) in [5, 5.41) is 4.81. The van der Waals surface area contributed by atoms with Gasteiger partial charge >= 0.3 is 6.18 Å². The minimum absolute atomic E-state index is 0.0515. The summed E-state index contributed by atoms with van der Waals surface area (Å²) in [4.78, 5) is 28.0. The van der Waals surface area contributed by atoms with Crippen LogP contribution in [0.15, 0.2) is 54.7 Å². The first kappa shape index (κ1) is 21.1. The Bertz CT molecular complexity index is 1200. The molecule has 0 saturated carbocycles. The standard InChI is InChI=1S/C21H13F4N3O4/c22-14-4-3-13(27-19(29)11-1-5-16-17(7-11)32-10-31-16)8-15(14)28-20(30)12-2-6-18(26-9-12)21(23,24)25/h1-9H,10H2,(H,27,29)(H,28,30). The number of hydrogen-bond donors (Lipinski definition) is 2. The first-order valence-corrected chi connectivity index (χ1v) is 9.06. The number of nitrogens with one attached hydrogen (secondary N) is 2. The van der Waals surface area contributed by atoms with E-state index in [1.807, 2.05) is 0 Å². The van der Waals surface area contributed by atoms with E-state index >= 15 is 0 Å². The van der Waals surface area contributed by atoms with Crippen LogP contribution >= 0.6 is 0 Å². The molecule has 2 heterocycles. The summed E-state index contributed by atoms with van der Waals surface area (Å²) in [6, 6.07) is 9.64. The molecule has 2 N–H and O–H groups in total. The number of ether oxygens (including phenoxy) is 2. The van der Waals surface area contributed by atoms with Crippen LogP contribution in [0.2, 0.25) is 0 Å². The van der Waals surface area contributed by atoms with Gasteiger partial charge in [-0.2, -0.15) is 13.2 Å². The molecule has 32 heavy (non-hydrogen) atoms. The molecule has 11 heteroatoms. The maximum absolute atomic E-state index is 14.2. The van der Waals surface area contributed by atoms with E-state index in [0.29, 0.717) is 17.6 Å². The van der Waals surface area contributed by atoms with Gasteiger partial charge in [-0.3, -0.25) is 14.6 Å². The lowest BCUT2D eigenvalue weighted by atomic mass is 10.1. The number of nitrogens with zero attached hydrogens (tertiary/aromatic N) is 1. The van der Waals surface area contributed by atoms with E-state index in [-0.39, 0.29) is 29.3 Å². The van der Waals surface area contributed by atoms with Gasteiger partial charge < -0.3 is 20.1 Å². The summed E-state index contributed by atoms with van der Waals surface area (Å²) in [5.41, 5.74) is -1.20. The molecule has 0 unspecified atom stereocenters. The average molecular weight is 447 g/mol. The summed E-state index contributed by atoms with van der Waals surface area (Å²) < 4.78 is 62.3. The topological polar surface area (TPSA) is 89.6 Å². The van der Waals surface area contributed by atoms with Crippen LogP contribution in [0.25, 0.3) is 0 Å². The minimum Gasteiger partial charge on any atom is -0.454 e. The highest BCUT2D eigenvalue weighted by atomic mass is 19.4. The number of aromatic nitrogens is 1. The van der Waals surface area contributed by atoms with Crippen molar-refractivity contribution in [2.75, 3.05) is 17.4 Å². The molecule has 2 amide bonds. The van der Waals surface area contributed by atoms with Crippen LogP contribution in [0.5, 0.6) is 11.5 Å². The molecule has 164 valence electrons. The summed E-state index contributed by atoms with van der Waals surface area (Å²) in [6.45, 7) is 0.0515. The molecule has 0 spiro atoms. The molecule has 0 radical (unpaired) electrons. The summed E-state index contributed by atoms with van der Waals surface area (Å²) in [5.74, 6) is -1.27. The van der Waals surface area contributed by atoms with E-state index in [1.165, 1.54) is 24.3 Å². The van der Waals surface area contributed by atoms with Gasteiger partial charge in [0, 0.05) is 17.4 Å². The zero-order valence-electron chi connectivity index (χ0n) is 16.0. The van der Waals surface area contributed by atoms with E-state index in [0.717, 1.165) is 18.3 Å². The Kier molecular flexibility index (Phi) is 5.39. The number of amides is 2. The molecular formula is C21H13F4N3O4. The van der Waals surface area contributed by atoms with Crippen molar-refractivity contribution in [3.05, 3.63) is 77.4 Å². The molecule has 4 rings (SSSR count). The van der Waals surface area contributed by atoms with Gasteiger partial charge in [-0.25, -0.2) is 4.39 Å². The van der Waals surface area contributed by atoms with E-state index in [9.17, 15) is 27.2 Å². The third-order valence-corrected chi connectivity index (χ3v) is 4.42. The normalized spacial score (nSPS) is 12.4. The monoisotopic (exact) mass is 447 g/mol. The number of hydrogen-bond acceptors (Lipinski definition) is 5. The zero-order valence-corrected chi connectivity index (χ0v) is 16.0. The van der Waals surface area contributed by atoms with Crippen LogP contribution in [0, 0.1) is 5.82 Å². The molecule has 0 bridgehead atoms. The lowest BCUT2D eigenvalue weighted by molar-refractivity contribution is -0.141. The third kappa shape index (κ3) is 4.46. The van der Waals surface area contributed by atoms with Crippen molar-refractivity contribution in [2.45, 2.75) is 6.18 Å². The Balaban J connectivity index is 1.47. The van der Waals surface area contributed by atoms with Gasteiger partial charge in [0.15, 0.2) is 11.5 Å². The first-order valence-electron chi connectivity index (χ1n) is 9.06. The Hall–Kier alpha value is -4.15. The molecule has 1 aliphatic rings. The quantitative estimate of drug-likeness (QED) is 0.576. The number of fused-ring (bicyclic) bond motifs is 1. The number of rotatable bonds is 4.